The first-order valence-electron chi connectivity index (χ1n) is 4.39. The van der Waals surface area contributed by atoms with Gasteiger partial charge in [0.25, 0.3) is 0 Å². The number of methoxy groups -OCH3 is 1. The van der Waals surface area contributed by atoms with Crippen molar-refractivity contribution in [3.8, 4) is 11.5 Å². The van der Waals surface area contributed by atoms with E-state index in [2.05, 4.69) is 0 Å². The summed E-state index contributed by atoms with van der Waals surface area (Å²) < 4.78 is 5.00. The van der Waals surface area contributed by atoms with Crippen LogP contribution in [0.5, 0.6) is 11.5 Å². The monoisotopic (exact) mass is 211 g/mol. The minimum atomic E-state index is -0.974. The zero-order chi connectivity index (χ0) is 11.4. The number of hydrogen-bond acceptors (Lipinski definition) is 4. The molecule has 0 bridgehead atoms. The van der Waals surface area contributed by atoms with E-state index in [0.717, 1.165) is 0 Å². The number of phenols is 1. The number of hydrogen-bond donors (Lipinski definition) is 3. The second-order valence-electron chi connectivity index (χ2n) is 3.13. The van der Waals surface area contributed by atoms with Crippen LogP contribution in [0.1, 0.15) is 18.0 Å². The molecule has 0 amide bonds. The minimum absolute atomic E-state index is 0.0538. The fourth-order valence-corrected chi connectivity index (χ4v) is 1.30. The number of nitrogens with two attached hydrogens (primary N) is 1. The summed E-state index contributed by atoms with van der Waals surface area (Å²) in [6, 6.07) is 3.76. The SMILES string of the molecule is COc1cc(O)ccc1C(N)CC(=O)O. The molecule has 4 N–H and O–H groups in total. The van der Waals surface area contributed by atoms with Gasteiger partial charge in [0.05, 0.1) is 13.5 Å². The predicted octanol–water partition coefficient (Wildman–Crippen LogP) is 0.875. The van der Waals surface area contributed by atoms with Crippen LogP contribution in [-0.4, -0.2) is 23.3 Å². The summed E-state index contributed by atoms with van der Waals surface area (Å²) in [5.41, 5.74) is 6.25. The molecule has 1 unspecified atom stereocenters. The Morgan fingerprint density at radius 2 is 2.27 bits per heavy atom. The molecule has 0 aliphatic heterocycles. The van der Waals surface area contributed by atoms with Gasteiger partial charge in [-0.05, 0) is 6.07 Å². The normalized spacial score (nSPS) is 12.1. The highest BCUT2D eigenvalue weighted by molar-refractivity contribution is 5.68. The van der Waals surface area contributed by atoms with Crippen molar-refractivity contribution in [3.05, 3.63) is 23.8 Å². The highest BCUT2D eigenvalue weighted by Gasteiger charge is 2.15. The minimum Gasteiger partial charge on any atom is -0.508 e. The van der Waals surface area contributed by atoms with Gasteiger partial charge in [0.1, 0.15) is 11.5 Å². The molecule has 5 heteroatoms. The number of aliphatic carboxylic acids is 1. The molecule has 0 heterocycles. The van der Waals surface area contributed by atoms with Crippen LogP contribution >= 0.6 is 0 Å². The fourth-order valence-electron chi connectivity index (χ4n) is 1.30. The first-order chi connectivity index (χ1) is 7.04. The fraction of sp³-hybridized carbons (Fsp3) is 0.300. The van der Waals surface area contributed by atoms with Crippen LogP contribution in [0.2, 0.25) is 0 Å². The maximum Gasteiger partial charge on any atom is 0.305 e. The first kappa shape index (κ1) is 11.3. The van der Waals surface area contributed by atoms with Gasteiger partial charge in [-0.3, -0.25) is 4.79 Å². The van der Waals surface area contributed by atoms with Crippen molar-refractivity contribution >= 4 is 5.97 Å². The van der Waals surface area contributed by atoms with Crippen molar-refractivity contribution in [3.63, 3.8) is 0 Å². The second kappa shape index (κ2) is 4.65. The predicted molar refractivity (Wildman–Crippen MR) is 53.8 cm³/mol. The average molecular weight is 211 g/mol. The van der Waals surface area contributed by atoms with Gasteiger partial charge in [-0.1, -0.05) is 6.07 Å². The van der Waals surface area contributed by atoms with Crippen LogP contribution in [0, 0.1) is 0 Å². The molecule has 0 aromatic heterocycles. The Bertz CT molecular complexity index is 364. The van der Waals surface area contributed by atoms with Gasteiger partial charge < -0.3 is 20.7 Å². The molecule has 82 valence electrons. The molecule has 0 radical (unpaired) electrons. The smallest absolute Gasteiger partial charge is 0.305 e. The number of ether oxygens (including phenoxy) is 1. The van der Waals surface area contributed by atoms with Crippen LogP contribution in [0.4, 0.5) is 0 Å². The Labute approximate surface area is 87.1 Å². The van der Waals surface area contributed by atoms with Gasteiger partial charge in [-0.25, -0.2) is 0 Å². The summed E-state index contributed by atoms with van der Waals surface area (Å²) in [4.78, 5) is 10.5. The molecule has 15 heavy (non-hydrogen) atoms. The van der Waals surface area contributed by atoms with E-state index in [1.165, 1.54) is 19.2 Å². The molecule has 5 nitrogen and oxygen atoms in total. The molecule has 0 aliphatic rings. The number of rotatable bonds is 4. The molecule has 1 aromatic carbocycles. The Morgan fingerprint density at radius 3 is 2.80 bits per heavy atom. The Hall–Kier alpha value is -1.75. The van der Waals surface area contributed by atoms with Crippen molar-refractivity contribution in [2.24, 2.45) is 5.73 Å². The highest BCUT2D eigenvalue weighted by Crippen LogP contribution is 2.29. The van der Waals surface area contributed by atoms with Crippen LogP contribution in [0.25, 0.3) is 0 Å². The molecule has 0 saturated carbocycles. The standard InChI is InChI=1S/C10H13NO4/c1-15-9-4-6(12)2-3-7(9)8(11)5-10(13)14/h2-4,8,12H,5,11H2,1H3,(H,13,14). The van der Waals surface area contributed by atoms with E-state index < -0.39 is 12.0 Å². The maximum absolute atomic E-state index is 10.5. The molecule has 1 aromatic rings. The van der Waals surface area contributed by atoms with Gasteiger partial charge in [-0.2, -0.15) is 0 Å². The van der Waals surface area contributed by atoms with Crippen molar-refractivity contribution in [1.82, 2.24) is 0 Å². The van der Waals surface area contributed by atoms with Crippen molar-refractivity contribution in [2.75, 3.05) is 7.11 Å². The molecular weight excluding hydrogens is 198 g/mol. The summed E-state index contributed by atoms with van der Waals surface area (Å²) in [5, 5.41) is 17.8. The third-order valence-electron chi connectivity index (χ3n) is 2.01. The largest absolute Gasteiger partial charge is 0.508 e. The molecule has 0 saturated heterocycles. The van der Waals surface area contributed by atoms with Crippen LogP contribution < -0.4 is 10.5 Å². The average Bonchev–Trinajstić information content (AvgIpc) is 2.16. The highest BCUT2D eigenvalue weighted by atomic mass is 16.5. The lowest BCUT2D eigenvalue weighted by Gasteiger charge is -2.13. The van der Waals surface area contributed by atoms with Gasteiger partial charge >= 0.3 is 5.97 Å². The topological polar surface area (TPSA) is 92.8 Å². The lowest BCUT2D eigenvalue weighted by atomic mass is 10.0. The van der Waals surface area contributed by atoms with Crippen LogP contribution in [-0.2, 0) is 4.79 Å². The molecule has 0 spiro atoms. The molecule has 0 aliphatic carbocycles. The van der Waals surface area contributed by atoms with E-state index >= 15 is 0 Å². The summed E-state index contributed by atoms with van der Waals surface area (Å²) in [6.45, 7) is 0. The third-order valence-corrected chi connectivity index (χ3v) is 2.01. The second-order valence-corrected chi connectivity index (χ2v) is 3.13. The summed E-state index contributed by atoms with van der Waals surface area (Å²) >= 11 is 0. The van der Waals surface area contributed by atoms with Crippen LogP contribution in [0.3, 0.4) is 0 Å². The summed E-state index contributed by atoms with van der Waals surface area (Å²) in [6.07, 6.45) is -0.179. The zero-order valence-corrected chi connectivity index (χ0v) is 8.30. The number of aromatic hydroxyl groups is 1. The first-order valence-corrected chi connectivity index (χ1v) is 4.39. The lowest BCUT2D eigenvalue weighted by Crippen LogP contribution is -2.15. The summed E-state index contributed by atoms with van der Waals surface area (Å²) in [7, 11) is 1.44. The van der Waals surface area contributed by atoms with E-state index in [9.17, 15) is 9.90 Å². The zero-order valence-electron chi connectivity index (χ0n) is 8.30. The van der Waals surface area contributed by atoms with E-state index in [0.29, 0.717) is 11.3 Å². The number of carboxylic acids is 1. The molecular formula is C10H13NO4. The van der Waals surface area contributed by atoms with Gasteiger partial charge in [0, 0.05) is 17.7 Å². The molecule has 1 rings (SSSR count). The number of carboxylic acid groups (broad SMARTS) is 1. The van der Waals surface area contributed by atoms with Crippen LogP contribution in [0.15, 0.2) is 18.2 Å². The van der Waals surface area contributed by atoms with Crippen molar-refractivity contribution in [2.45, 2.75) is 12.5 Å². The van der Waals surface area contributed by atoms with Crippen molar-refractivity contribution in [1.29, 1.82) is 0 Å². The van der Waals surface area contributed by atoms with E-state index in [1.54, 1.807) is 6.07 Å². The van der Waals surface area contributed by atoms with Gasteiger partial charge in [-0.15, -0.1) is 0 Å². The van der Waals surface area contributed by atoms with Gasteiger partial charge in [0.2, 0.25) is 0 Å². The van der Waals surface area contributed by atoms with E-state index in [1.807, 2.05) is 0 Å². The Morgan fingerprint density at radius 1 is 1.60 bits per heavy atom. The quantitative estimate of drug-likeness (QED) is 0.687. The van der Waals surface area contributed by atoms with E-state index in [4.69, 9.17) is 15.6 Å². The van der Waals surface area contributed by atoms with Crippen molar-refractivity contribution < 1.29 is 19.7 Å². The summed E-state index contributed by atoms with van der Waals surface area (Å²) in [5.74, 6) is -0.528. The lowest BCUT2D eigenvalue weighted by molar-refractivity contribution is -0.137. The number of phenolic OH excluding ortho intramolecular Hbond substituents is 1. The Balaban J connectivity index is 2.97. The number of carbonyl (C=O) groups is 1. The third kappa shape index (κ3) is 2.85. The Kier molecular flexibility index (Phi) is 3.51. The molecule has 1 atom stereocenters. The maximum atomic E-state index is 10.5. The van der Waals surface area contributed by atoms with E-state index in [-0.39, 0.29) is 12.2 Å². The molecule has 0 fully saturated rings. The number of benzene rings is 1. The van der Waals surface area contributed by atoms with Gasteiger partial charge in [0.15, 0.2) is 0 Å².